The van der Waals surface area contributed by atoms with Crippen LogP contribution in [-0.4, -0.2) is 17.3 Å². The number of hydrogen-bond donors (Lipinski definition) is 1. The van der Waals surface area contributed by atoms with E-state index in [-0.39, 0.29) is 17.6 Å². The standard InChI is InChI=1S/C23H28ClNO2S/c1-3-23(4-2)16-20(19-8-5-6-9-21(19)27-23)25-22(26)10-7-15-28-18-13-11-17(24)12-14-18/h5-6,8-9,11-14,20H,3-4,7,10,15-16H2,1-2H3,(H,25,26)/t20-/m1/s1. The number of para-hydroxylation sites is 1. The van der Waals surface area contributed by atoms with E-state index in [1.165, 1.54) is 4.90 Å². The number of amides is 1. The highest BCUT2D eigenvalue weighted by Gasteiger charge is 2.38. The van der Waals surface area contributed by atoms with Gasteiger partial charge in [0, 0.05) is 28.3 Å². The minimum Gasteiger partial charge on any atom is -0.487 e. The van der Waals surface area contributed by atoms with Crippen LogP contribution in [0, 0.1) is 0 Å². The van der Waals surface area contributed by atoms with Crippen LogP contribution in [-0.2, 0) is 4.79 Å². The minimum absolute atomic E-state index is 0.0151. The van der Waals surface area contributed by atoms with Crippen molar-refractivity contribution in [2.45, 2.75) is 62.5 Å². The predicted octanol–water partition coefficient (Wildman–Crippen LogP) is 6.41. The van der Waals surface area contributed by atoms with Gasteiger partial charge in [-0.2, -0.15) is 0 Å². The van der Waals surface area contributed by atoms with E-state index < -0.39 is 0 Å². The summed E-state index contributed by atoms with van der Waals surface area (Å²) < 4.78 is 6.32. The first-order chi connectivity index (χ1) is 13.5. The molecule has 1 aliphatic heterocycles. The zero-order chi connectivity index (χ0) is 20.0. The number of halogens is 1. The zero-order valence-electron chi connectivity index (χ0n) is 16.5. The number of ether oxygens (including phenoxy) is 1. The van der Waals surface area contributed by atoms with Gasteiger partial charge in [0.1, 0.15) is 11.4 Å². The lowest BCUT2D eigenvalue weighted by Crippen LogP contribution is -2.44. The fraction of sp³-hybridized carbons (Fsp3) is 0.435. The first kappa shape index (κ1) is 21.1. The Hall–Kier alpha value is -1.65. The molecule has 1 N–H and O–H groups in total. The molecule has 1 aliphatic rings. The predicted molar refractivity (Wildman–Crippen MR) is 117 cm³/mol. The van der Waals surface area contributed by atoms with E-state index in [0.717, 1.165) is 47.8 Å². The molecule has 1 atom stereocenters. The molecule has 1 heterocycles. The van der Waals surface area contributed by atoms with Gasteiger partial charge in [-0.15, -0.1) is 11.8 Å². The first-order valence-electron chi connectivity index (χ1n) is 10.0. The van der Waals surface area contributed by atoms with E-state index in [2.05, 4.69) is 25.2 Å². The van der Waals surface area contributed by atoms with Gasteiger partial charge in [-0.05, 0) is 55.3 Å². The SMILES string of the molecule is CCC1(CC)C[C@@H](NC(=O)CCCSc2ccc(Cl)cc2)c2ccccc2O1. The Morgan fingerprint density at radius 2 is 1.89 bits per heavy atom. The lowest BCUT2D eigenvalue weighted by molar-refractivity contribution is -0.122. The van der Waals surface area contributed by atoms with Crippen molar-refractivity contribution in [3.63, 3.8) is 0 Å². The zero-order valence-corrected chi connectivity index (χ0v) is 18.1. The number of thioether (sulfide) groups is 1. The van der Waals surface area contributed by atoms with Gasteiger partial charge in [0.25, 0.3) is 0 Å². The lowest BCUT2D eigenvalue weighted by atomic mass is 9.83. The molecule has 0 unspecified atom stereocenters. The fourth-order valence-electron chi connectivity index (χ4n) is 3.65. The summed E-state index contributed by atoms with van der Waals surface area (Å²) in [6.07, 6.45) is 4.06. The van der Waals surface area contributed by atoms with Crippen molar-refractivity contribution >= 4 is 29.3 Å². The molecule has 150 valence electrons. The molecule has 3 rings (SSSR count). The molecule has 2 aromatic carbocycles. The number of carbonyl (C=O) groups is 1. The molecule has 0 radical (unpaired) electrons. The van der Waals surface area contributed by atoms with E-state index >= 15 is 0 Å². The molecule has 0 fully saturated rings. The van der Waals surface area contributed by atoms with Crippen LogP contribution in [0.1, 0.15) is 57.6 Å². The van der Waals surface area contributed by atoms with Crippen molar-refractivity contribution in [3.8, 4) is 5.75 Å². The van der Waals surface area contributed by atoms with Gasteiger partial charge in [-0.1, -0.05) is 43.6 Å². The normalized spacial score (nSPS) is 17.5. The van der Waals surface area contributed by atoms with E-state index in [0.29, 0.717) is 6.42 Å². The van der Waals surface area contributed by atoms with Gasteiger partial charge in [0.15, 0.2) is 0 Å². The third kappa shape index (κ3) is 5.24. The van der Waals surface area contributed by atoms with Gasteiger partial charge in [0.05, 0.1) is 6.04 Å². The van der Waals surface area contributed by atoms with Crippen molar-refractivity contribution in [2.24, 2.45) is 0 Å². The van der Waals surface area contributed by atoms with E-state index in [1.54, 1.807) is 11.8 Å². The van der Waals surface area contributed by atoms with Gasteiger partial charge in [0.2, 0.25) is 5.91 Å². The lowest BCUT2D eigenvalue weighted by Gasteiger charge is -2.41. The number of nitrogens with one attached hydrogen (secondary N) is 1. The Balaban J connectivity index is 1.54. The van der Waals surface area contributed by atoms with Crippen LogP contribution in [0.5, 0.6) is 5.75 Å². The largest absolute Gasteiger partial charge is 0.487 e. The average molecular weight is 418 g/mol. The second-order valence-electron chi connectivity index (χ2n) is 7.26. The summed E-state index contributed by atoms with van der Waals surface area (Å²) in [5.74, 6) is 1.92. The second kappa shape index (κ2) is 9.71. The molecular weight excluding hydrogens is 390 g/mol. The Morgan fingerprint density at radius 1 is 1.18 bits per heavy atom. The van der Waals surface area contributed by atoms with Crippen LogP contribution in [0.4, 0.5) is 0 Å². The van der Waals surface area contributed by atoms with Crippen molar-refractivity contribution in [3.05, 3.63) is 59.1 Å². The number of carbonyl (C=O) groups excluding carboxylic acids is 1. The van der Waals surface area contributed by atoms with E-state index in [9.17, 15) is 4.79 Å². The third-order valence-electron chi connectivity index (χ3n) is 5.45. The average Bonchev–Trinajstić information content (AvgIpc) is 2.72. The van der Waals surface area contributed by atoms with Crippen LogP contribution in [0.3, 0.4) is 0 Å². The molecule has 0 aliphatic carbocycles. The van der Waals surface area contributed by atoms with E-state index in [4.69, 9.17) is 16.3 Å². The molecule has 28 heavy (non-hydrogen) atoms. The number of hydrogen-bond acceptors (Lipinski definition) is 3. The van der Waals surface area contributed by atoms with Crippen molar-refractivity contribution < 1.29 is 9.53 Å². The summed E-state index contributed by atoms with van der Waals surface area (Å²) in [6, 6.07) is 15.9. The quantitative estimate of drug-likeness (QED) is 0.398. The van der Waals surface area contributed by atoms with Gasteiger partial charge in [-0.3, -0.25) is 4.79 Å². The van der Waals surface area contributed by atoms with Crippen LogP contribution in [0.15, 0.2) is 53.4 Å². The summed E-state index contributed by atoms with van der Waals surface area (Å²) in [4.78, 5) is 13.8. The first-order valence-corrected chi connectivity index (χ1v) is 11.4. The van der Waals surface area contributed by atoms with Crippen LogP contribution < -0.4 is 10.1 Å². The van der Waals surface area contributed by atoms with Crippen LogP contribution >= 0.6 is 23.4 Å². The highest BCUT2D eigenvalue weighted by atomic mass is 35.5. The van der Waals surface area contributed by atoms with E-state index in [1.807, 2.05) is 42.5 Å². The fourth-order valence-corrected chi connectivity index (χ4v) is 4.63. The molecule has 0 aromatic heterocycles. The highest BCUT2D eigenvalue weighted by Crippen LogP contribution is 2.42. The van der Waals surface area contributed by atoms with Crippen molar-refractivity contribution in [1.82, 2.24) is 5.32 Å². The van der Waals surface area contributed by atoms with Crippen molar-refractivity contribution in [1.29, 1.82) is 0 Å². The Kier molecular flexibility index (Phi) is 7.30. The summed E-state index contributed by atoms with van der Waals surface area (Å²) in [5, 5.41) is 4.00. The molecule has 0 saturated heterocycles. The van der Waals surface area contributed by atoms with Crippen molar-refractivity contribution in [2.75, 3.05) is 5.75 Å². The number of rotatable bonds is 8. The summed E-state index contributed by atoms with van der Waals surface area (Å²) in [5.41, 5.74) is 0.889. The second-order valence-corrected chi connectivity index (χ2v) is 8.86. The smallest absolute Gasteiger partial charge is 0.220 e. The Bertz CT molecular complexity index is 789. The van der Waals surface area contributed by atoms with Gasteiger partial charge in [-0.25, -0.2) is 0 Å². The van der Waals surface area contributed by atoms with Gasteiger partial charge < -0.3 is 10.1 Å². The molecule has 0 saturated carbocycles. The summed E-state index contributed by atoms with van der Waals surface area (Å²) in [6.45, 7) is 4.31. The molecule has 5 heteroatoms. The molecular formula is C23H28ClNO2S. The van der Waals surface area contributed by atoms with Crippen LogP contribution in [0.25, 0.3) is 0 Å². The Morgan fingerprint density at radius 3 is 2.61 bits per heavy atom. The molecule has 0 spiro atoms. The van der Waals surface area contributed by atoms with Gasteiger partial charge >= 0.3 is 0 Å². The van der Waals surface area contributed by atoms with Crippen LogP contribution in [0.2, 0.25) is 5.02 Å². The Labute approximate surface area is 177 Å². The maximum Gasteiger partial charge on any atom is 0.220 e. The number of benzene rings is 2. The highest BCUT2D eigenvalue weighted by molar-refractivity contribution is 7.99. The third-order valence-corrected chi connectivity index (χ3v) is 6.80. The molecule has 0 bridgehead atoms. The summed E-state index contributed by atoms with van der Waals surface area (Å²) >= 11 is 7.67. The minimum atomic E-state index is -0.198. The monoisotopic (exact) mass is 417 g/mol. The molecule has 3 nitrogen and oxygen atoms in total. The molecule has 2 aromatic rings. The molecule has 1 amide bonds. The topological polar surface area (TPSA) is 38.3 Å². The maximum absolute atomic E-state index is 12.6. The maximum atomic E-state index is 12.6. The number of fused-ring (bicyclic) bond motifs is 1. The summed E-state index contributed by atoms with van der Waals surface area (Å²) in [7, 11) is 0.